The molecule has 21 heavy (non-hydrogen) atoms. The molecule has 1 aromatic heterocycles. The van der Waals surface area contributed by atoms with Crippen molar-refractivity contribution in [3.63, 3.8) is 0 Å². The highest BCUT2D eigenvalue weighted by molar-refractivity contribution is 5.55. The van der Waals surface area contributed by atoms with Gasteiger partial charge < -0.3 is 10.3 Å². The normalized spacial score (nSPS) is 12.3. The largest absolute Gasteiger partial charge is 0.337 e. The van der Waals surface area contributed by atoms with Gasteiger partial charge in [-0.05, 0) is 36.2 Å². The molecule has 4 nitrogen and oxygen atoms in total. The molecule has 1 atom stereocenters. The summed E-state index contributed by atoms with van der Waals surface area (Å²) in [5.41, 5.74) is 8.23. The van der Waals surface area contributed by atoms with Crippen molar-refractivity contribution in [1.82, 2.24) is 10.1 Å². The maximum Gasteiger partial charge on any atom is 0.248 e. The number of rotatable bonds is 3. The molecular weight excluding hydrogens is 269 g/mol. The number of aromatic nitrogens is 2. The van der Waals surface area contributed by atoms with Crippen molar-refractivity contribution in [2.24, 2.45) is 5.73 Å². The Morgan fingerprint density at radius 1 is 1.14 bits per heavy atom. The third-order valence-electron chi connectivity index (χ3n) is 3.28. The van der Waals surface area contributed by atoms with E-state index in [1.807, 2.05) is 30.3 Å². The molecule has 0 amide bonds. The second-order valence-electron chi connectivity index (χ2n) is 4.81. The lowest BCUT2D eigenvalue weighted by molar-refractivity contribution is 0.367. The van der Waals surface area contributed by atoms with E-state index in [9.17, 15) is 4.39 Å². The number of aryl methyl sites for hydroxylation is 1. The summed E-state index contributed by atoms with van der Waals surface area (Å²) >= 11 is 0. The number of hydrogen-bond donors (Lipinski definition) is 1. The highest BCUT2D eigenvalue weighted by Gasteiger charge is 2.17. The van der Waals surface area contributed by atoms with Crippen molar-refractivity contribution < 1.29 is 8.91 Å². The summed E-state index contributed by atoms with van der Waals surface area (Å²) in [6, 6.07) is 13.7. The van der Waals surface area contributed by atoms with Gasteiger partial charge in [0.25, 0.3) is 0 Å². The summed E-state index contributed by atoms with van der Waals surface area (Å²) in [7, 11) is 0. The first kappa shape index (κ1) is 13.5. The molecule has 2 N–H and O–H groups in total. The zero-order valence-electron chi connectivity index (χ0n) is 11.5. The summed E-state index contributed by atoms with van der Waals surface area (Å²) in [4.78, 5) is 4.30. The first-order valence-electron chi connectivity index (χ1n) is 6.56. The smallest absolute Gasteiger partial charge is 0.248 e. The maximum absolute atomic E-state index is 13.3. The van der Waals surface area contributed by atoms with Crippen LogP contribution < -0.4 is 5.73 Å². The van der Waals surface area contributed by atoms with Gasteiger partial charge in [0.15, 0.2) is 0 Å². The number of benzene rings is 2. The van der Waals surface area contributed by atoms with E-state index in [1.54, 1.807) is 19.1 Å². The molecule has 0 radical (unpaired) electrons. The van der Waals surface area contributed by atoms with E-state index in [2.05, 4.69) is 10.1 Å². The molecule has 0 aliphatic carbocycles. The summed E-state index contributed by atoms with van der Waals surface area (Å²) in [6.45, 7) is 1.69. The van der Waals surface area contributed by atoms with Gasteiger partial charge in [-0.25, -0.2) is 4.39 Å². The molecule has 0 saturated heterocycles. The SMILES string of the molecule is Cc1cc(-c2noc(C(N)c3ccccc3)n2)ccc1F. The fraction of sp³-hybridized carbons (Fsp3) is 0.125. The summed E-state index contributed by atoms with van der Waals surface area (Å²) in [5, 5.41) is 3.92. The maximum atomic E-state index is 13.3. The Morgan fingerprint density at radius 3 is 2.62 bits per heavy atom. The minimum atomic E-state index is -0.478. The molecule has 106 valence electrons. The summed E-state index contributed by atoms with van der Waals surface area (Å²) in [6.07, 6.45) is 0. The van der Waals surface area contributed by atoms with E-state index in [-0.39, 0.29) is 5.82 Å². The molecule has 5 heteroatoms. The lowest BCUT2D eigenvalue weighted by Gasteiger charge is -2.05. The summed E-state index contributed by atoms with van der Waals surface area (Å²) < 4.78 is 18.5. The predicted octanol–water partition coefficient (Wildman–Crippen LogP) is 3.23. The van der Waals surface area contributed by atoms with Crippen LogP contribution in [0.2, 0.25) is 0 Å². The van der Waals surface area contributed by atoms with Crippen LogP contribution in [0.3, 0.4) is 0 Å². The van der Waals surface area contributed by atoms with Gasteiger partial charge in [-0.15, -0.1) is 0 Å². The third kappa shape index (κ3) is 2.68. The molecule has 3 aromatic rings. The van der Waals surface area contributed by atoms with Gasteiger partial charge in [-0.1, -0.05) is 35.5 Å². The molecule has 1 unspecified atom stereocenters. The van der Waals surface area contributed by atoms with Gasteiger partial charge in [0.05, 0.1) is 0 Å². The van der Waals surface area contributed by atoms with Crippen LogP contribution in [0.15, 0.2) is 53.1 Å². The van der Waals surface area contributed by atoms with E-state index < -0.39 is 6.04 Å². The van der Waals surface area contributed by atoms with E-state index in [1.165, 1.54) is 6.07 Å². The number of halogens is 1. The van der Waals surface area contributed by atoms with Crippen molar-refractivity contribution in [3.05, 3.63) is 71.4 Å². The quantitative estimate of drug-likeness (QED) is 0.801. The van der Waals surface area contributed by atoms with Crippen LogP contribution in [0, 0.1) is 12.7 Å². The van der Waals surface area contributed by atoms with Crippen LogP contribution >= 0.6 is 0 Å². The van der Waals surface area contributed by atoms with Crippen LogP contribution in [0.4, 0.5) is 4.39 Å². The minimum absolute atomic E-state index is 0.261. The van der Waals surface area contributed by atoms with Gasteiger partial charge in [0.1, 0.15) is 11.9 Å². The zero-order chi connectivity index (χ0) is 14.8. The summed E-state index contributed by atoms with van der Waals surface area (Å²) in [5.74, 6) is 0.473. The Bertz CT molecular complexity index is 755. The Labute approximate surface area is 121 Å². The van der Waals surface area contributed by atoms with Crippen molar-refractivity contribution >= 4 is 0 Å². The van der Waals surface area contributed by atoms with Gasteiger partial charge in [-0.3, -0.25) is 0 Å². The monoisotopic (exact) mass is 283 g/mol. The molecule has 0 saturated carbocycles. The van der Waals surface area contributed by atoms with Crippen LogP contribution in [0.1, 0.15) is 23.1 Å². The zero-order valence-corrected chi connectivity index (χ0v) is 11.5. The lowest BCUT2D eigenvalue weighted by atomic mass is 10.1. The van der Waals surface area contributed by atoms with Crippen LogP contribution in [-0.2, 0) is 0 Å². The van der Waals surface area contributed by atoms with Gasteiger partial charge >= 0.3 is 0 Å². The molecular formula is C16H14FN3O. The van der Waals surface area contributed by atoms with Crippen molar-refractivity contribution in [2.45, 2.75) is 13.0 Å². The first-order valence-corrected chi connectivity index (χ1v) is 6.56. The molecule has 1 heterocycles. The minimum Gasteiger partial charge on any atom is -0.337 e. The molecule has 0 spiro atoms. The lowest BCUT2D eigenvalue weighted by Crippen LogP contribution is -2.11. The predicted molar refractivity (Wildman–Crippen MR) is 76.9 cm³/mol. The second-order valence-corrected chi connectivity index (χ2v) is 4.81. The average molecular weight is 283 g/mol. The molecule has 0 bridgehead atoms. The van der Waals surface area contributed by atoms with E-state index in [4.69, 9.17) is 10.3 Å². The highest BCUT2D eigenvalue weighted by atomic mass is 19.1. The van der Waals surface area contributed by atoms with Gasteiger partial charge in [-0.2, -0.15) is 4.98 Å². The van der Waals surface area contributed by atoms with Gasteiger partial charge in [0.2, 0.25) is 11.7 Å². The fourth-order valence-electron chi connectivity index (χ4n) is 2.07. The Morgan fingerprint density at radius 2 is 1.90 bits per heavy atom. The second kappa shape index (κ2) is 5.46. The third-order valence-corrected chi connectivity index (χ3v) is 3.28. The number of nitrogens with zero attached hydrogens (tertiary/aromatic N) is 2. The van der Waals surface area contributed by atoms with Crippen LogP contribution in [0.25, 0.3) is 11.4 Å². The first-order chi connectivity index (χ1) is 10.1. The Balaban J connectivity index is 1.91. The average Bonchev–Trinajstić information content (AvgIpc) is 3.00. The Hall–Kier alpha value is -2.53. The molecule has 0 aliphatic rings. The van der Waals surface area contributed by atoms with Crippen molar-refractivity contribution in [3.8, 4) is 11.4 Å². The standard InChI is InChI=1S/C16H14FN3O/c1-10-9-12(7-8-13(10)17)15-19-16(21-20-15)14(18)11-5-3-2-4-6-11/h2-9,14H,18H2,1H3. The number of nitrogens with two attached hydrogens (primary N) is 1. The molecule has 2 aromatic carbocycles. The van der Waals surface area contributed by atoms with Gasteiger partial charge in [0, 0.05) is 5.56 Å². The van der Waals surface area contributed by atoms with E-state index >= 15 is 0 Å². The highest BCUT2D eigenvalue weighted by Crippen LogP contribution is 2.23. The van der Waals surface area contributed by atoms with E-state index in [0.29, 0.717) is 22.8 Å². The number of hydrogen-bond acceptors (Lipinski definition) is 4. The molecule has 0 fully saturated rings. The van der Waals surface area contributed by atoms with E-state index in [0.717, 1.165) is 5.56 Å². The van der Waals surface area contributed by atoms with Crippen LogP contribution in [0.5, 0.6) is 0 Å². The molecule has 0 aliphatic heterocycles. The fourth-order valence-corrected chi connectivity index (χ4v) is 2.07. The van der Waals surface area contributed by atoms with Crippen LogP contribution in [-0.4, -0.2) is 10.1 Å². The molecule has 3 rings (SSSR count). The Kier molecular flexibility index (Phi) is 3.50. The van der Waals surface area contributed by atoms with Crippen molar-refractivity contribution in [1.29, 1.82) is 0 Å². The topological polar surface area (TPSA) is 64.9 Å². The van der Waals surface area contributed by atoms with Crippen molar-refractivity contribution in [2.75, 3.05) is 0 Å².